The molecule has 2 atom stereocenters. The number of carbonyl (C=O) groups is 1. The summed E-state index contributed by atoms with van der Waals surface area (Å²) in [6, 6.07) is 16.0. The number of benzene rings is 2. The van der Waals surface area contributed by atoms with E-state index in [0.29, 0.717) is 24.1 Å². The van der Waals surface area contributed by atoms with Gasteiger partial charge in [-0.05, 0) is 42.3 Å². The monoisotopic (exact) mass is 388 g/mol. The third-order valence-electron chi connectivity index (χ3n) is 4.88. The molecule has 8 heteroatoms. The van der Waals surface area contributed by atoms with Gasteiger partial charge in [0.1, 0.15) is 0 Å². The summed E-state index contributed by atoms with van der Waals surface area (Å²) in [4.78, 5) is 14.5. The Morgan fingerprint density at radius 3 is 2.33 bits per heavy atom. The van der Waals surface area contributed by atoms with Gasteiger partial charge in [0.2, 0.25) is 15.9 Å². The minimum absolute atomic E-state index is 0.0107. The molecule has 3 rings (SSSR count). The summed E-state index contributed by atoms with van der Waals surface area (Å²) >= 11 is 0. The number of likely N-dealkylation sites (tertiary alicyclic amines) is 1. The molecule has 1 heterocycles. The number of nitrogens with zero attached hydrogens (tertiary/aromatic N) is 1. The van der Waals surface area contributed by atoms with Gasteiger partial charge >= 0.3 is 0 Å². The van der Waals surface area contributed by atoms with Gasteiger partial charge < -0.3 is 11.1 Å². The van der Waals surface area contributed by atoms with Crippen LogP contribution < -0.4 is 16.2 Å². The van der Waals surface area contributed by atoms with Crippen molar-refractivity contribution < 1.29 is 13.2 Å². The van der Waals surface area contributed by atoms with Crippen LogP contribution in [0.4, 0.5) is 5.69 Å². The number of carbonyl (C=O) groups excluding carboxylic acids is 1. The number of hydrogen-bond donors (Lipinski definition) is 3. The van der Waals surface area contributed by atoms with Crippen LogP contribution in [0, 0.1) is 5.92 Å². The molecule has 1 aliphatic rings. The molecule has 0 radical (unpaired) electrons. The van der Waals surface area contributed by atoms with Gasteiger partial charge in [-0.2, -0.15) is 0 Å². The number of amides is 1. The third kappa shape index (κ3) is 4.92. The second kappa shape index (κ2) is 8.18. The Balaban J connectivity index is 1.60. The van der Waals surface area contributed by atoms with Crippen LogP contribution in [-0.2, 0) is 14.8 Å². The number of anilines is 1. The van der Waals surface area contributed by atoms with Crippen molar-refractivity contribution in [1.29, 1.82) is 0 Å². The Kier molecular flexibility index (Phi) is 5.91. The SMILES string of the molecule is NC[C@@H]1CN(CC(=O)Nc2ccc(S(N)(=O)=O)cc2)C[C@H]1c1ccccc1. The molecule has 0 unspecified atom stereocenters. The molecule has 1 fully saturated rings. The molecule has 1 amide bonds. The molecule has 2 aromatic carbocycles. The molecule has 144 valence electrons. The molecule has 7 nitrogen and oxygen atoms in total. The van der Waals surface area contributed by atoms with Gasteiger partial charge in [0.25, 0.3) is 0 Å². The molecule has 27 heavy (non-hydrogen) atoms. The summed E-state index contributed by atoms with van der Waals surface area (Å²) in [7, 11) is -3.74. The van der Waals surface area contributed by atoms with Gasteiger partial charge in [0.15, 0.2) is 0 Å². The van der Waals surface area contributed by atoms with E-state index in [-0.39, 0.29) is 17.3 Å². The lowest BCUT2D eigenvalue weighted by Gasteiger charge is -2.16. The van der Waals surface area contributed by atoms with E-state index >= 15 is 0 Å². The fourth-order valence-corrected chi connectivity index (χ4v) is 4.05. The quantitative estimate of drug-likeness (QED) is 0.681. The highest BCUT2D eigenvalue weighted by Crippen LogP contribution is 2.31. The van der Waals surface area contributed by atoms with E-state index < -0.39 is 10.0 Å². The minimum atomic E-state index is -3.74. The highest BCUT2D eigenvalue weighted by molar-refractivity contribution is 7.89. The van der Waals surface area contributed by atoms with Crippen molar-refractivity contribution in [2.24, 2.45) is 16.8 Å². The predicted molar refractivity (Wildman–Crippen MR) is 105 cm³/mol. The first-order chi connectivity index (χ1) is 12.9. The molecule has 0 spiro atoms. The number of rotatable bonds is 6. The molecule has 0 aromatic heterocycles. The van der Waals surface area contributed by atoms with Crippen LogP contribution in [0.5, 0.6) is 0 Å². The molecule has 2 aromatic rings. The summed E-state index contributed by atoms with van der Waals surface area (Å²) in [6.07, 6.45) is 0. The normalized spacial score (nSPS) is 20.5. The van der Waals surface area contributed by atoms with Gasteiger partial charge in [-0.3, -0.25) is 9.69 Å². The highest BCUT2D eigenvalue weighted by Gasteiger charge is 2.33. The Labute approximate surface area is 159 Å². The summed E-state index contributed by atoms with van der Waals surface area (Å²) in [6.45, 7) is 2.39. The second-order valence-corrected chi connectivity index (χ2v) is 8.39. The number of hydrogen-bond acceptors (Lipinski definition) is 5. The van der Waals surface area contributed by atoms with E-state index in [9.17, 15) is 13.2 Å². The van der Waals surface area contributed by atoms with Gasteiger partial charge in [0, 0.05) is 24.7 Å². The van der Waals surface area contributed by atoms with Crippen LogP contribution in [0.3, 0.4) is 0 Å². The Morgan fingerprint density at radius 2 is 1.74 bits per heavy atom. The van der Waals surface area contributed by atoms with Crippen LogP contribution >= 0.6 is 0 Å². The average Bonchev–Trinajstić information content (AvgIpc) is 3.05. The average molecular weight is 388 g/mol. The number of nitrogens with two attached hydrogens (primary N) is 2. The summed E-state index contributed by atoms with van der Waals surface area (Å²) in [5, 5.41) is 7.86. The van der Waals surface area contributed by atoms with E-state index in [1.165, 1.54) is 29.8 Å². The maximum absolute atomic E-state index is 12.4. The van der Waals surface area contributed by atoms with Crippen molar-refractivity contribution in [3.05, 3.63) is 60.2 Å². The molecule has 0 saturated carbocycles. The van der Waals surface area contributed by atoms with Crippen molar-refractivity contribution in [2.45, 2.75) is 10.8 Å². The lowest BCUT2D eigenvalue weighted by atomic mass is 9.89. The lowest BCUT2D eigenvalue weighted by molar-refractivity contribution is -0.117. The number of sulfonamides is 1. The Bertz CT molecular complexity index is 885. The first kappa shape index (κ1) is 19.5. The molecule has 1 saturated heterocycles. The summed E-state index contributed by atoms with van der Waals surface area (Å²) in [5.41, 5.74) is 7.71. The molecular formula is C19H24N4O3S. The van der Waals surface area contributed by atoms with E-state index in [4.69, 9.17) is 10.9 Å². The predicted octanol–water partition coefficient (Wildman–Crippen LogP) is 0.947. The Hall–Kier alpha value is -2.26. The molecule has 1 aliphatic heterocycles. The van der Waals surface area contributed by atoms with Crippen LogP contribution in [0.15, 0.2) is 59.5 Å². The van der Waals surface area contributed by atoms with E-state index in [0.717, 1.165) is 13.1 Å². The van der Waals surface area contributed by atoms with Crippen molar-refractivity contribution >= 4 is 21.6 Å². The smallest absolute Gasteiger partial charge is 0.238 e. The third-order valence-corrected chi connectivity index (χ3v) is 5.81. The zero-order chi connectivity index (χ0) is 19.4. The maximum Gasteiger partial charge on any atom is 0.238 e. The molecule has 0 bridgehead atoms. The van der Waals surface area contributed by atoms with Gasteiger partial charge in [0.05, 0.1) is 11.4 Å². The van der Waals surface area contributed by atoms with E-state index in [1.807, 2.05) is 18.2 Å². The van der Waals surface area contributed by atoms with Crippen LogP contribution in [0.2, 0.25) is 0 Å². The van der Waals surface area contributed by atoms with Crippen molar-refractivity contribution in [2.75, 3.05) is 31.5 Å². The molecule has 5 N–H and O–H groups in total. The van der Waals surface area contributed by atoms with Crippen LogP contribution in [-0.4, -0.2) is 45.4 Å². The zero-order valence-electron chi connectivity index (χ0n) is 14.9. The fourth-order valence-electron chi connectivity index (χ4n) is 3.54. The van der Waals surface area contributed by atoms with Crippen LogP contribution in [0.1, 0.15) is 11.5 Å². The van der Waals surface area contributed by atoms with Crippen LogP contribution in [0.25, 0.3) is 0 Å². The van der Waals surface area contributed by atoms with Gasteiger partial charge in [-0.1, -0.05) is 30.3 Å². The van der Waals surface area contributed by atoms with Gasteiger partial charge in [-0.15, -0.1) is 0 Å². The van der Waals surface area contributed by atoms with Crippen molar-refractivity contribution in [3.8, 4) is 0 Å². The largest absolute Gasteiger partial charge is 0.330 e. The first-order valence-corrected chi connectivity index (χ1v) is 10.3. The highest BCUT2D eigenvalue weighted by atomic mass is 32.2. The standard InChI is InChI=1S/C19H24N4O3S/c20-10-15-11-23(12-18(15)14-4-2-1-3-5-14)13-19(24)22-16-6-8-17(9-7-16)27(21,25)26/h1-9,15,18H,10-13,20H2,(H,22,24)(H2,21,25,26)/t15-,18+/m1/s1. The van der Waals surface area contributed by atoms with Crippen molar-refractivity contribution in [3.63, 3.8) is 0 Å². The second-order valence-electron chi connectivity index (χ2n) is 6.82. The van der Waals surface area contributed by atoms with Crippen molar-refractivity contribution in [1.82, 2.24) is 4.90 Å². The van der Waals surface area contributed by atoms with E-state index in [2.05, 4.69) is 22.3 Å². The number of primary sulfonamides is 1. The Morgan fingerprint density at radius 1 is 1.07 bits per heavy atom. The minimum Gasteiger partial charge on any atom is -0.330 e. The fraction of sp³-hybridized carbons (Fsp3) is 0.316. The number of nitrogens with one attached hydrogen (secondary N) is 1. The first-order valence-electron chi connectivity index (χ1n) is 8.77. The van der Waals surface area contributed by atoms with Gasteiger partial charge in [-0.25, -0.2) is 13.6 Å². The summed E-state index contributed by atoms with van der Waals surface area (Å²) < 4.78 is 22.6. The topological polar surface area (TPSA) is 119 Å². The zero-order valence-corrected chi connectivity index (χ0v) is 15.7. The molecule has 0 aliphatic carbocycles. The maximum atomic E-state index is 12.4. The summed E-state index contributed by atoms with van der Waals surface area (Å²) in [5.74, 6) is 0.482. The lowest BCUT2D eigenvalue weighted by Crippen LogP contribution is -2.32. The van der Waals surface area contributed by atoms with E-state index in [1.54, 1.807) is 0 Å². The molecular weight excluding hydrogens is 364 g/mol.